The highest BCUT2D eigenvalue weighted by molar-refractivity contribution is 5.04. The normalized spacial score (nSPS) is 35.1. The molecule has 0 radical (unpaired) electrons. The summed E-state index contributed by atoms with van der Waals surface area (Å²) in [7, 11) is 0. The van der Waals surface area contributed by atoms with Crippen LogP contribution in [0, 0.1) is 5.92 Å². The molecule has 2 heterocycles. The molecule has 0 aromatic carbocycles. The van der Waals surface area contributed by atoms with Crippen LogP contribution in [-0.2, 0) is 11.2 Å². The maximum Gasteiger partial charge on any atom is 0.232 e. The largest absolute Gasteiger partial charge is 0.374 e. The van der Waals surface area contributed by atoms with Gasteiger partial charge in [-0.3, -0.25) is 0 Å². The zero-order chi connectivity index (χ0) is 12.6. The third kappa shape index (κ3) is 2.50. The molecular formula is C12H21N3O2. The SMILES string of the molecule is CC(N)Cc1noc(C2C(C)OC(C)C2C)n1. The minimum atomic E-state index is 0.0500. The molecule has 0 spiro atoms. The fraction of sp³-hybridized carbons (Fsp3) is 0.833. The Balaban J connectivity index is 2.14. The molecule has 1 aromatic heterocycles. The molecule has 17 heavy (non-hydrogen) atoms. The van der Waals surface area contributed by atoms with Crippen molar-refractivity contribution in [1.82, 2.24) is 10.1 Å². The first-order chi connectivity index (χ1) is 7.99. The Bertz CT molecular complexity index is 378. The first-order valence-electron chi connectivity index (χ1n) is 6.22. The van der Waals surface area contributed by atoms with Gasteiger partial charge in [-0.2, -0.15) is 4.98 Å². The number of hydrogen-bond acceptors (Lipinski definition) is 5. The van der Waals surface area contributed by atoms with E-state index < -0.39 is 0 Å². The van der Waals surface area contributed by atoms with E-state index in [0.29, 0.717) is 24.1 Å². The third-order valence-corrected chi connectivity index (χ3v) is 3.52. The Kier molecular flexibility index (Phi) is 3.49. The van der Waals surface area contributed by atoms with Gasteiger partial charge in [0.2, 0.25) is 5.89 Å². The molecule has 1 aromatic rings. The lowest BCUT2D eigenvalue weighted by Crippen LogP contribution is -2.19. The highest BCUT2D eigenvalue weighted by Crippen LogP contribution is 2.38. The second kappa shape index (κ2) is 4.74. The van der Waals surface area contributed by atoms with Gasteiger partial charge in [0.1, 0.15) is 0 Å². The topological polar surface area (TPSA) is 74.2 Å². The van der Waals surface area contributed by atoms with Crippen LogP contribution in [0.1, 0.15) is 45.3 Å². The number of aromatic nitrogens is 2. The molecule has 1 saturated heterocycles. The summed E-state index contributed by atoms with van der Waals surface area (Å²) in [6.45, 7) is 8.23. The summed E-state index contributed by atoms with van der Waals surface area (Å²) < 4.78 is 11.1. The summed E-state index contributed by atoms with van der Waals surface area (Å²) in [6, 6.07) is 0.0500. The van der Waals surface area contributed by atoms with E-state index >= 15 is 0 Å². The minimum Gasteiger partial charge on any atom is -0.374 e. The predicted molar refractivity (Wildman–Crippen MR) is 63.6 cm³/mol. The zero-order valence-corrected chi connectivity index (χ0v) is 10.9. The van der Waals surface area contributed by atoms with Crippen LogP contribution in [0.5, 0.6) is 0 Å². The van der Waals surface area contributed by atoms with Crippen LogP contribution in [-0.4, -0.2) is 28.4 Å². The first-order valence-corrected chi connectivity index (χ1v) is 6.22. The Morgan fingerprint density at radius 2 is 2.00 bits per heavy atom. The highest BCUT2D eigenvalue weighted by Gasteiger charge is 2.41. The average molecular weight is 239 g/mol. The molecule has 96 valence electrons. The van der Waals surface area contributed by atoms with E-state index in [-0.39, 0.29) is 24.2 Å². The number of ether oxygens (including phenoxy) is 1. The summed E-state index contributed by atoms with van der Waals surface area (Å²) in [6.07, 6.45) is 1.01. The lowest BCUT2D eigenvalue weighted by atomic mass is 9.89. The molecule has 5 heteroatoms. The molecule has 5 nitrogen and oxygen atoms in total. The van der Waals surface area contributed by atoms with Gasteiger partial charge < -0.3 is 15.0 Å². The Morgan fingerprint density at radius 3 is 2.53 bits per heavy atom. The van der Waals surface area contributed by atoms with Crippen molar-refractivity contribution in [2.45, 2.75) is 58.3 Å². The first kappa shape index (κ1) is 12.5. The van der Waals surface area contributed by atoms with E-state index in [1.807, 2.05) is 6.92 Å². The predicted octanol–water partition coefficient (Wildman–Crippen LogP) is 1.49. The van der Waals surface area contributed by atoms with Crippen molar-refractivity contribution in [2.75, 3.05) is 0 Å². The van der Waals surface area contributed by atoms with E-state index in [0.717, 1.165) is 0 Å². The van der Waals surface area contributed by atoms with Crippen LogP contribution >= 0.6 is 0 Å². The molecule has 5 unspecified atom stereocenters. The number of nitrogens with two attached hydrogens (primary N) is 1. The standard InChI is InChI=1S/C12H21N3O2/c1-6(13)5-10-14-12(17-15-10)11-7(2)8(3)16-9(11)4/h6-9,11H,5,13H2,1-4H3. The molecule has 5 atom stereocenters. The van der Waals surface area contributed by atoms with Gasteiger partial charge >= 0.3 is 0 Å². The molecule has 0 amide bonds. The van der Waals surface area contributed by atoms with E-state index in [2.05, 4.69) is 30.9 Å². The summed E-state index contributed by atoms with van der Waals surface area (Å²) >= 11 is 0. The summed E-state index contributed by atoms with van der Waals surface area (Å²) in [4.78, 5) is 4.43. The van der Waals surface area contributed by atoms with Crippen molar-refractivity contribution in [3.05, 3.63) is 11.7 Å². The maximum absolute atomic E-state index is 5.78. The molecular weight excluding hydrogens is 218 g/mol. The Hall–Kier alpha value is -0.940. The van der Waals surface area contributed by atoms with Crippen molar-refractivity contribution >= 4 is 0 Å². The fourth-order valence-electron chi connectivity index (χ4n) is 2.47. The smallest absolute Gasteiger partial charge is 0.232 e. The average Bonchev–Trinajstić information content (AvgIpc) is 2.73. The van der Waals surface area contributed by atoms with Gasteiger partial charge in [-0.1, -0.05) is 12.1 Å². The van der Waals surface area contributed by atoms with Gasteiger partial charge in [-0.05, 0) is 26.7 Å². The van der Waals surface area contributed by atoms with E-state index in [9.17, 15) is 0 Å². The van der Waals surface area contributed by atoms with Crippen LogP contribution in [0.15, 0.2) is 4.52 Å². The van der Waals surface area contributed by atoms with Gasteiger partial charge in [-0.25, -0.2) is 0 Å². The zero-order valence-electron chi connectivity index (χ0n) is 10.9. The minimum absolute atomic E-state index is 0.0500. The number of hydrogen-bond donors (Lipinski definition) is 1. The van der Waals surface area contributed by atoms with Crippen LogP contribution < -0.4 is 5.73 Å². The second-order valence-corrected chi connectivity index (χ2v) is 5.16. The van der Waals surface area contributed by atoms with Crippen molar-refractivity contribution in [3.63, 3.8) is 0 Å². The molecule has 1 aliphatic rings. The Labute approximate surface area is 102 Å². The van der Waals surface area contributed by atoms with Crippen LogP contribution in [0.25, 0.3) is 0 Å². The maximum atomic E-state index is 5.78. The number of nitrogens with zero attached hydrogens (tertiary/aromatic N) is 2. The second-order valence-electron chi connectivity index (χ2n) is 5.16. The van der Waals surface area contributed by atoms with Crippen LogP contribution in [0.2, 0.25) is 0 Å². The Morgan fingerprint density at radius 1 is 1.29 bits per heavy atom. The van der Waals surface area contributed by atoms with Gasteiger partial charge in [-0.15, -0.1) is 0 Å². The molecule has 0 saturated carbocycles. The number of rotatable bonds is 3. The third-order valence-electron chi connectivity index (χ3n) is 3.52. The van der Waals surface area contributed by atoms with Gasteiger partial charge in [0.25, 0.3) is 0 Å². The van der Waals surface area contributed by atoms with E-state index in [1.165, 1.54) is 0 Å². The lowest BCUT2D eigenvalue weighted by molar-refractivity contribution is 0.0542. The van der Waals surface area contributed by atoms with Gasteiger partial charge in [0, 0.05) is 12.5 Å². The summed E-state index contributed by atoms with van der Waals surface area (Å²) in [5.41, 5.74) is 5.72. The molecule has 1 fully saturated rings. The van der Waals surface area contributed by atoms with E-state index in [4.69, 9.17) is 15.0 Å². The van der Waals surface area contributed by atoms with Crippen molar-refractivity contribution in [3.8, 4) is 0 Å². The van der Waals surface area contributed by atoms with Crippen molar-refractivity contribution in [2.24, 2.45) is 11.7 Å². The van der Waals surface area contributed by atoms with Crippen molar-refractivity contribution in [1.29, 1.82) is 0 Å². The molecule has 0 bridgehead atoms. The van der Waals surface area contributed by atoms with Crippen LogP contribution in [0.3, 0.4) is 0 Å². The molecule has 2 N–H and O–H groups in total. The monoisotopic (exact) mass is 239 g/mol. The van der Waals surface area contributed by atoms with E-state index in [1.54, 1.807) is 0 Å². The highest BCUT2D eigenvalue weighted by atomic mass is 16.5. The van der Waals surface area contributed by atoms with Gasteiger partial charge in [0.05, 0.1) is 18.1 Å². The summed E-state index contributed by atoms with van der Waals surface area (Å²) in [5.74, 6) is 1.96. The summed E-state index contributed by atoms with van der Waals surface area (Å²) in [5, 5.41) is 3.97. The van der Waals surface area contributed by atoms with Crippen molar-refractivity contribution < 1.29 is 9.26 Å². The lowest BCUT2D eigenvalue weighted by Gasteiger charge is -2.12. The molecule has 1 aliphatic heterocycles. The molecule has 2 rings (SSSR count). The van der Waals surface area contributed by atoms with Gasteiger partial charge in [0.15, 0.2) is 5.82 Å². The fourth-order valence-corrected chi connectivity index (χ4v) is 2.47. The quantitative estimate of drug-likeness (QED) is 0.865. The molecule has 0 aliphatic carbocycles. The van der Waals surface area contributed by atoms with Crippen LogP contribution in [0.4, 0.5) is 0 Å².